The Bertz CT molecular complexity index is 600. The van der Waals surface area contributed by atoms with Crippen LogP contribution in [0.2, 0.25) is 0 Å². The Morgan fingerprint density at radius 1 is 0.931 bits per heavy atom. The summed E-state index contributed by atoms with van der Waals surface area (Å²) in [6.45, 7) is 0.829. The Hall–Kier alpha value is -2.77. The van der Waals surface area contributed by atoms with Crippen LogP contribution in [-0.2, 0) is 24.0 Å². The van der Waals surface area contributed by atoms with Crippen molar-refractivity contribution in [3.05, 3.63) is 0 Å². The number of unbranched alkanes of at least 4 members (excludes halogenated alkanes) is 1. The van der Waals surface area contributed by atoms with E-state index in [1.165, 1.54) is 6.92 Å². The molecule has 166 valence electrons. The minimum absolute atomic E-state index is 0.322. The molecule has 13 nitrogen and oxygen atoms in total. The molecule has 4 atom stereocenters. The number of carboxylic acids is 1. The number of nitrogens with two attached hydrogens (primary N) is 3. The maximum atomic E-state index is 12.3. The number of carbonyl (C=O) groups is 5. The van der Waals surface area contributed by atoms with E-state index in [-0.39, 0.29) is 0 Å². The van der Waals surface area contributed by atoms with Crippen LogP contribution in [0.4, 0.5) is 0 Å². The van der Waals surface area contributed by atoms with Crippen molar-refractivity contribution >= 4 is 29.6 Å². The predicted molar refractivity (Wildman–Crippen MR) is 101 cm³/mol. The third kappa shape index (κ3) is 10.4. The van der Waals surface area contributed by atoms with Crippen LogP contribution in [0.15, 0.2) is 0 Å². The van der Waals surface area contributed by atoms with Crippen molar-refractivity contribution < 1.29 is 34.2 Å². The van der Waals surface area contributed by atoms with Crippen LogP contribution in [-0.4, -0.2) is 77.1 Å². The van der Waals surface area contributed by atoms with Gasteiger partial charge in [-0.3, -0.25) is 24.0 Å². The number of amides is 4. The predicted octanol–water partition coefficient (Wildman–Crippen LogP) is -4.13. The largest absolute Gasteiger partial charge is 0.480 e. The van der Waals surface area contributed by atoms with Crippen LogP contribution in [0.25, 0.3) is 0 Å². The Morgan fingerprint density at radius 2 is 1.48 bits per heavy atom. The van der Waals surface area contributed by atoms with E-state index in [2.05, 4.69) is 16.0 Å². The lowest BCUT2D eigenvalue weighted by atomic mass is 10.1. The first-order chi connectivity index (χ1) is 13.5. The van der Waals surface area contributed by atoms with Gasteiger partial charge in [0.25, 0.3) is 0 Å². The lowest BCUT2D eigenvalue weighted by Crippen LogP contribution is -2.58. The van der Waals surface area contributed by atoms with Gasteiger partial charge in [0, 0.05) is 0 Å². The summed E-state index contributed by atoms with van der Waals surface area (Å²) in [5.74, 6) is -4.88. The number of carbonyl (C=O) groups excluding carboxylic acids is 4. The number of aliphatic hydroxyl groups is 1. The molecule has 0 aliphatic heterocycles. The first-order valence-corrected chi connectivity index (χ1v) is 9.02. The number of aliphatic hydroxyl groups excluding tert-OH is 1. The van der Waals surface area contributed by atoms with Crippen molar-refractivity contribution in [3.63, 3.8) is 0 Å². The standard InChI is InChI=1S/C16H30N6O7/c1-8(16(28)29)20-14(26)10(6-12(19)24)21-15(27)11(7-23)22-13(25)9(18)4-2-3-5-17/h8-11,23H,2-7,17-18H2,1H3,(H2,19,24)(H,20,26)(H,21,27)(H,22,25)(H,28,29). The van der Waals surface area contributed by atoms with Crippen molar-refractivity contribution in [2.75, 3.05) is 13.2 Å². The molecule has 0 spiro atoms. The highest BCUT2D eigenvalue weighted by molar-refractivity contribution is 5.96. The van der Waals surface area contributed by atoms with Gasteiger partial charge in [0.2, 0.25) is 23.6 Å². The molecular formula is C16H30N6O7. The molecule has 0 aromatic carbocycles. The quantitative estimate of drug-likeness (QED) is 0.128. The number of rotatable bonds is 14. The molecule has 4 amide bonds. The second-order valence-electron chi connectivity index (χ2n) is 6.43. The molecule has 0 saturated carbocycles. The molecule has 29 heavy (non-hydrogen) atoms. The highest BCUT2D eigenvalue weighted by Gasteiger charge is 2.29. The molecule has 0 fully saturated rings. The van der Waals surface area contributed by atoms with Gasteiger partial charge in [-0.25, -0.2) is 0 Å². The maximum Gasteiger partial charge on any atom is 0.325 e. The molecule has 0 rings (SSSR count). The number of nitrogens with one attached hydrogen (secondary N) is 3. The average Bonchev–Trinajstić information content (AvgIpc) is 2.64. The number of carboxylic acid groups (broad SMARTS) is 1. The molecule has 0 aliphatic carbocycles. The van der Waals surface area contributed by atoms with Crippen LogP contribution >= 0.6 is 0 Å². The first kappa shape index (κ1) is 26.2. The van der Waals surface area contributed by atoms with E-state index in [4.69, 9.17) is 22.3 Å². The highest BCUT2D eigenvalue weighted by atomic mass is 16.4. The first-order valence-electron chi connectivity index (χ1n) is 9.02. The lowest BCUT2D eigenvalue weighted by molar-refractivity contribution is -0.142. The molecule has 0 radical (unpaired) electrons. The van der Waals surface area contributed by atoms with Crippen molar-refractivity contribution in [2.45, 2.75) is 56.8 Å². The minimum Gasteiger partial charge on any atom is -0.480 e. The Labute approximate surface area is 167 Å². The fraction of sp³-hybridized carbons (Fsp3) is 0.688. The van der Waals surface area contributed by atoms with Gasteiger partial charge in [-0.2, -0.15) is 0 Å². The van der Waals surface area contributed by atoms with Crippen LogP contribution in [0.1, 0.15) is 32.6 Å². The van der Waals surface area contributed by atoms with Gasteiger partial charge < -0.3 is 43.4 Å². The summed E-state index contributed by atoms with van der Waals surface area (Å²) in [7, 11) is 0. The van der Waals surface area contributed by atoms with E-state index in [1.807, 2.05) is 0 Å². The van der Waals surface area contributed by atoms with Gasteiger partial charge in [-0.1, -0.05) is 6.42 Å². The zero-order valence-corrected chi connectivity index (χ0v) is 16.2. The Balaban J connectivity index is 5.00. The van der Waals surface area contributed by atoms with Crippen LogP contribution in [0.5, 0.6) is 0 Å². The fourth-order valence-corrected chi connectivity index (χ4v) is 2.17. The summed E-state index contributed by atoms with van der Waals surface area (Å²) < 4.78 is 0. The summed E-state index contributed by atoms with van der Waals surface area (Å²) >= 11 is 0. The van der Waals surface area contributed by atoms with E-state index in [0.717, 1.165) is 0 Å². The second kappa shape index (κ2) is 13.4. The molecule has 0 aromatic heterocycles. The molecular weight excluding hydrogens is 388 g/mol. The third-order valence-electron chi connectivity index (χ3n) is 3.89. The van der Waals surface area contributed by atoms with Crippen molar-refractivity contribution in [1.82, 2.24) is 16.0 Å². The molecule has 11 N–H and O–H groups in total. The minimum atomic E-state index is -1.49. The zero-order chi connectivity index (χ0) is 22.6. The zero-order valence-electron chi connectivity index (χ0n) is 16.2. The van der Waals surface area contributed by atoms with Gasteiger partial charge in [-0.05, 0) is 26.3 Å². The van der Waals surface area contributed by atoms with Gasteiger partial charge in [0.05, 0.1) is 19.1 Å². The molecule has 0 saturated heterocycles. The summed E-state index contributed by atoms with van der Waals surface area (Å²) in [5, 5.41) is 24.7. The topological polar surface area (TPSA) is 240 Å². The number of hydrogen-bond donors (Lipinski definition) is 8. The van der Waals surface area contributed by atoms with Gasteiger partial charge in [0.1, 0.15) is 18.1 Å². The van der Waals surface area contributed by atoms with Crippen LogP contribution in [0, 0.1) is 0 Å². The Kier molecular flexibility index (Phi) is 12.1. The Morgan fingerprint density at radius 3 is 1.97 bits per heavy atom. The fourth-order valence-electron chi connectivity index (χ4n) is 2.17. The van der Waals surface area contributed by atoms with E-state index in [9.17, 15) is 29.1 Å². The highest BCUT2D eigenvalue weighted by Crippen LogP contribution is 2.00. The molecule has 4 unspecified atom stereocenters. The summed E-state index contributed by atoms with van der Waals surface area (Å²) in [4.78, 5) is 58.5. The molecule has 0 bridgehead atoms. The van der Waals surface area contributed by atoms with Gasteiger partial charge >= 0.3 is 5.97 Å². The van der Waals surface area contributed by atoms with Crippen LogP contribution < -0.4 is 33.2 Å². The second-order valence-corrected chi connectivity index (χ2v) is 6.43. The number of hydrogen-bond acceptors (Lipinski definition) is 8. The number of aliphatic carboxylic acids is 1. The monoisotopic (exact) mass is 418 g/mol. The summed E-state index contributed by atoms with van der Waals surface area (Å²) in [5.41, 5.74) is 16.1. The van der Waals surface area contributed by atoms with E-state index >= 15 is 0 Å². The van der Waals surface area contributed by atoms with E-state index < -0.39 is 66.8 Å². The normalized spacial score (nSPS) is 14.8. The smallest absolute Gasteiger partial charge is 0.325 e. The van der Waals surface area contributed by atoms with Gasteiger partial charge in [0.15, 0.2) is 0 Å². The summed E-state index contributed by atoms with van der Waals surface area (Å²) in [6.07, 6.45) is 0.977. The van der Waals surface area contributed by atoms with E-state index in [1.54, 1.807) is 0 Å². The van der Waals surface area contributed by atoms with Crippen LogP contribution in [0.3, 0.4) is 0 Å². The SMILES string of the molecule is CC(NC(=O)C(CC(N)=O)NC(=O)C(CO)NC(=O)C(N)CCCCN)C(=O)O. The molecule has 0 aromatic rings. The third-order valence-corrected chi connectivity index (χ3v) is 3.89. The molecule has 0 heterocycles. The molecule has 13 heteroatoms. The molecule has 0 aliphatic rings. The van der Waals surface area contributed by atoms with E-state index in [0.29, 0.717) is 25.8 Å². The van der Waals surface area contributed by atoms with Crippen molar-refractivity contribution in [2.24, 2.45) is 17.2 Å². The van der Waals surface area contributed by atoms with Gasteiger partial charge in [-0.15, -0.1) is 0 Å². The van der Waals surface area contributed by atoms with Crippen molar-refractivity contribution in [1.29, 1.82) is 0 Å². The number of primary amides is 1. The summed E-state index contributed by atoms with van der Waals surface area (Å²) in [6, 6.07) is -5.15. The lowest BCUT2D eigenvalue weighted by Gasteiger charge is -2.23. The maximum absolute atomic E-state index is 12.3. The average molecular weight is 418 g/mol. The van der Waals surface area contributed by atoms with Crippen molar-refractivity contribution in [3.8, 4) is 0 Å².